The number of aromatic nitrogens is 2. The molecule has 148 valence electrons. The van der Waals surface area contributed by atoms with E-state index in [1.165, 1.54) is 0 Å². The van der Waals surface area contributed by atoms with Crippen molar-refractivity contribution in [1.82, 2.24) is 15.1 Å². The molecule has 0 saturated carbocycles. The van der Waals surface area contributed by atoms with E-state index in [1.54, 1.807) is 11.1 Å². The Hall–Kier alpha value is -3.41. The first kappa shape index (κ1) is 18.9. The zero-order valence-electron chi connectivity index (χ0n) is 16.4. The molecule has 0 radical (unpaired) electrons. The summed E-state index contributed by atoms with van der Waals surface area (Å²) in [5.74, 6) is -0.276. The molecule has 2 N–H and O–H groups in total. The molecule has 0 bridgehead atoms. The fraction of sp³-hybridized carbons (Fsp3) is 0.261. The predicted octanol–water partition coefficient (Wildman–Crippen LogP) is 3.88. The standard InChI is InChI=1S/C23H24N4O2/c1-16-7-9-20(10-8-16)25-22(28)19-6-3-13-27(15-19)23(29)18-5-2-4-17(14-18)21-11-12-24-26-21/h2,4-5,7-12,14,19H,3,6,13,15H2,1H3,(H,24,26)(H,25,28). The zero-order chi connectivity index (χ0) is 20.2. The van der Waals surface area contributed by atoms with Crippen molar-refractivity contribution in [3.05, 3.63) is 71.9 Å². The van der Waals surface area contributed by atoms with Gasteiger partial charge in [0.25, 0.3) is 5.91 Å². The maximum atomic E-state index is 13.1. The minimum atomic E-state index is -0.204. The second kappa shape index (κ2) is 8.31. The topological polar surface area (TPSA) is 78.1 Å². The van der Waals surface area contributed by atoms with Crippen LogP contribution in [0.5, 0.6) is 0 Å². The molecule has 0 spiro atoms. The minimum absolute atomic E-state index is 0.0300. The first-order valence-corrected chi connectivity index (χ1v) is 9.87. The maximum absolute atomic E-state index is 13.1. The number of piperidine rings is 1. The summed E-state index contributed by atoms with van der Waals surface area (Å²) < 4.78 is 0. The van der Waals surface area contributed by atoms with Gasteiger partial charge < -0.3 is 10.2 Å². The van der Waals surface area contributed by atoms with Gasteiger partial charge in [0.2, 0.25) is 5.91 Å². The van der Waals surface area contributed by atoms with Gasteiger partial charge in [0.05, 0.1) is 11.6 Å². The van der Waals surface area contributed by atoms with Crippen LogP contribution in [-0.2, 0) is 4.79 Å². The number of benzene rings is 2. The Morgan fingerprint density at radius 3 is 2.72 bits per heavy atom. The second-order valence-electron chi connectivity index (χ2n) is 7.50. The third kappa shape index (κ3) is 4.37. The lowest BCUT2D eigenvalue weighted by atomic mass is 9.96. The van der Waals surface area contributed by atoms with Crippen LogP contribution in [0, 0.1) is 12.8 Å². The Balaban J connectivity index is 1.44. The summed E-state index contributed by atoms with van der Waals surface area (Å²) in [4.78, 5) is 27.5. The second-order valence-corrected chi connectivity index (χ2v) is 7.50. The van der Waals surface area contributed by atoms with E-state index in [1.807, 2.05) is 61.5 Å². The van der Waals surface area contributed by atoms with Crippen molar-refractivity contribution in [3.63, 3.8) is 0 Å². The summed E-state index contributed by atoms with van der Waals surface area (Å²) in [7, 11) is 0. The Morgan fingerprint density at radius 1 is 1.14 bits per heavy atom. The van der Waals surface area contributed by atoms with Crippen LogP contribution in [0.1, 0.15) is 28.8 Å². The van der Waals surface area contributed by atoms with Gasteiger partial charge in [-0.15, -0.1) is 0 Å². The molecule has 6 heteroatoms. The van der Waals surface area contributed by atoms with Gasteiger partial charge >= 0.3 is 0 Å². The molecule has 4 rings (SSSR count). The van der Waals surface area contributed by atoms with Crippen molar-refractivity contribution in [2.24, 2.45) is 5.92 Å². The molecule has 1 aromatic heterocycles. The third-order valence-electron chi connectivity index (χ3n) is 5.32. The smallest absolute Gasteiger partial charge is 0.253 e. The maximum Gasteiger partial charge on any atom is 0.253 e. The van der Waals surface area contributed by atoms with E-state index >= 15 is 0 Å². The Kier molecular flexibility index (Phi) is 5.42. The molecule has 29 heavy (non-hydrogen) atoms. The van der Waals surface area contributed by atoms with Gasteiger partial charge in [-0.1, -0.05) is 29.8 Å². The van der Waals surface area contributed by atoms with Crippen LogP contribution in [0.25, 0.3) is 11.3 Å². The predicted molar refractivity (Wildman–Crippen MR) is 112 cm³/mol. The van der Waals surface area contributed by atoms with Crippen molar-refractivity contribution < 1.29 is 9.59 Å². The van der Waals surface area contributed by atoms with E-state index in [-0.39, 0.29) is 17.7 Å². The van der Waals surface area contributed by atoms with E-state index in [9.17, 15) is 9.59 Å². The average Bonchev–Trinajstić information content (AvgIpc) is 3.30. The molecule has 3 aromatic rings. The first-order valence-electron chi connectivity index (χ1n) is 9.87. The lowest BCUT2D eigenvalue weighted by molar-refractivity contribution is -0.121. The van der Waals surface area contributed by atoms with Gasteiger partial charge in [-0.05, 0) is 50.1 Å². The summed E-state index contributed by atoms with van der Waals surface area (Å²) in [5.41, 5.74) is 4.34. The van der Waals surface area contributed by atoms with Crippen LogP contribution in [0.15, 0.2) is 60.8 Å². The summed E-state index contributed by atoms with van der Waals surface area (Å²) in [5, 5.41) is 9.86. The number of aryl methyl sites for hydroxylation is 1. The summed E-state index contributed by atoms with van der Waals surface area (Å²) in [6, 6.07) is 17.1. The van der Waals surface area contributed by atoms with E-state index in [2.05, 4.69) is 15.5 Å². The highest BCUT2D eigenvalue weighted by atomic mass is 16.2. The van der Waals surface area contributed by atoms with E-state index in [4.69, 9.17) is 0 Å². The average molecular weight is 388 g/mol. The molecule has 1 aliphatic heterocycles. The highest BCUT2D eigenvalue weighted by Crippen LogP contribution is 2.23. The lowest BCUT2D eigenvalue weighted by Gasteiger charge is -2.32. The number of likely N-dealkylation sites (tertiary alicyclic amines) is 1. The number of anilines is 1. The summed E-state index contributed by atoms with van der Waals surface area (Å²) in [6.07, 6.45) is 3.29. The number of carbonyl (C=O) groups is 2. The number of nitrogens with one attached hydrogen (secondary N) is 2. The number of rotatable bonds is 4. The van der Waals surface area contributed by atoms with Gasteiger partial charge in [0.1, 0.15) is 0 Å². The monoisotopic (exact) mass is 388 g/mol. The lowest BCUT2D eigenvalue weighted by Crippen LogP contribution is -2.43. The number of amides is 2. The van der Waals surface area contributed by atoms with Crippen LogP contribution < -0.4 is 5.32 Å². The van der Waals surface area contributed by atoms with Gasteiger partial charge in [-0.2, -0.15) is 5.10 Å². The van der Waals surface area contributed by atoms with Crippen LogP contribution in [0.4, 0.5) is 5.69 Å². The Bertz CT molecular complexity index is 996. The fourth-order valence-corrected chi connectivity index (χ4v) is 3.68. The van der Waals surface area contributed by atoms with Crippen molar-refractivity contribution in [2.75, 3.05) is 18.4 Å². The molecule has 6 nitrogen and oxygen atoms in total. The number of hydrogen-bond donors (Lipinski definition) is 2. The van der Waals surface area contributed by atoms with Crippen molar-refractivity contribution in [2.45, 2.75) is 19.8 Å². The molecule has 0 aliphatic carbocycles. The summed E-state index contributed by atoms with van der Waals surface area (Å²) >= 11 is 0. The largest absolute Gasteiger partial charge is 0.338 e. The minimum Gasteiger partial charge on any atom is -0.338 e. The fourth-order valence-electron chi connectivity index (χ4n) is 3.68. The van der Waals surface area contributed by atoms with Crippen molar-refractivity contribution >= 4 is 17.5 Å². The van der Waals surface area contributed by atoms with E-state index < -0.39 is 0 Å². The van der Waals surface area contributed by atoms with Gasteiger partial charge in [0, 0.05) is 36.1 Å². The molecule has 1 aliphatic rings. The van der Waals surface area contributed by atoms with Crippen LogP contribution >= 0.6 is 0 Å². The van der Waals surface area contributed by atoms with Crippen LogP contribution in [0.3, 0.4) is 0 Å². The molecule has 2 amide bonds. The highest BCUT2D eigenvalue weighted by Gasteiger charge is 2.29. The molecular formula is C23H24N4O2. The Labute approximate surface area is 169 Å². The molecule has 1 saturated heterocycles. The number of hydrogen-bond acceptors (Lipinski definition) is 3. The molecule has 2 heterocycles. The molecular weight excluding hydrogens is 364 g/mol. The van der Waals surface area contributed by atoms with Crippen LogP contribution in [0.2, 0.25) is 0 Å². The molecule has 2 aromatic carbocycles. The van der Waals surface area contributed by atoms with Crippen molar-refractivity contribution in [1.29, 1.82) is 0 Å². The molecule has 1 atom stereocenters. The van der Waals surface area contributed by atoms with Crippen molar-refractivity contribution in [3.8, 4) is 11.3 Å². The molecule has 1 unspecified atom stereocenters. The van der Waals surface area contributed by atoms with Gasteiger partial charge in [-0.25, -0.2) is 0 Å². The Morgan fingerprint density at radius 2 is 1.97 bits per heavy atom. The number of aromatic amines is 1. The number of H-pyrrole nitrogens is 1. The zero-order valence-corrected chi connectivity index (χ0v) is 16.4. The number of carbonyl (C=O) groups excluding carboxylic acids is 2. The van der Waals surface area contributed by atoms with E-state index in [0.29, 0.717) is 18.7 Å². The quantitative estimate of drug-likeness (QED) is 0.712. The normalized spacial score (nSPS) is 16.4. The summed E-state index contributed by atoms with van der Waals surface area (Å²) in [6.45, 7) is 3.11. The van der Waals surface area contributed by atoms with Gasteiger partial charge in [0.15, 0.2) is 0 Å². The van der Waals surface area contributed by atoms with Gasteiger partial charge in [-0.3, -0.25) is 14.7 Å². The molecule has 1 fully saturated rings. The van der Waals surface area contributed by atoms with Crippen LogP contribution in [-0.4, -0.2) is 40.0 Å². The first-order chi connectivity index (χ1) is 14.1. The SMILES string of the molecule is Cc1ccc(NC(=O)C2CCCN(C(=O)c3cccc(-c4ccn[nH]4)c3)C2)cc1. The highest BCUT2D eigenvalue weighted by molar-refractivity contribution is 5.97. The number of nitrogens with zero attached hydrogens (tertiary/aromatic N) is 2. The van der Waals surface area contributed by atoms with E-state index in [0.717, 1.165) is 35.3 Å². The third-order valence-corrected chi connectivity index (χ3v) is 5.32.